The Kier molecular flexibility index (Phi) is 6.24. The number of benzene rings is 1. The molecule has 0 saturated carbocycles. The number of hydrogen-bond donors (Lipinski definition) is 2. The first-order valence-corrected chi connectivity index (χ1v) is 7.23. The minimum Gasteiger partial charge on any atom is -0.389 e. The zero-order valence-electron chi connectivity index (χ0n) is 11.1. The van der Waals surface area contributed by atoms with Gasteiger partial charge in [0.2, 0.25) is 5.91 Å². The summed E-state index contributed by atoms with van der Waals surface area (Å²) in [6, 6.07) is 5.65. The van der Waals surface area contributed by atoms with E-state index in [0.717, 1.165) is 22.1 Å². The number of amides is 1. The van der Waals surface area contributed by atoms with Gasteiger partial charge in [-0.1, -0.05) is 35.1 Å². The first-order valence-electron chi connectivity index (χ1n) is 6.03. The predicted octanol–water partition coefficient (Wildman–Crippen LogP) is 2.05. The fourth-order valence-electron chi connectivity index (χ4n) is 1.66. The summed E-state index contributed by atoms with van der Waals surface area (Å²) in [5.41, 5.74) is 7.32. The maximum absolute atomic E-state index is 11.7. The summed E-state index contributed by atoms with van der Waals surface area (Å²) < 4.78 is 0.905. The van der Waals surface area contributed by atoms with Gasteiger partial charge in [-0.2, -0.15) is 0 Å². The summed E-state index contributed by atoms with van der Waals surface area (Å²) in [7, 11) is 1.84. The van der Waals surface area contributed by atoms with E-state index < -0.39 is 0 Å². The number of anilines is 1. The monoisotopic (exact) mass is 343 g/mol. The average molecular weight is 344 g/mol. The second-order valence-corrected chi connectivity index (χ2v) is 5.59. The lowest BCUT2D eigenvalue weighted by molar-refractivity contribution is -0.119. The number of carbonyl (C=O) groups excluding carboxylic acids is 1. The fraction of sp³-hybridized carbons (Fsp3) is 0.385. The molecule has 0 aliphatic carbocycles. The first kappa shape index (κ1) is 15.9. The van der Waals surface area contributed by atoms with Crippen molar-refractivity contribution < 1.29 is 4.79 Å². The minimum atomic E-state index is -0.0128. The van der Waals surface area contributed by atoms with E-state index in [-0.39, 0.29) is 12.5 Å². The number of rotatable bonds is 6. The third-order valence-corrected chi connectivity index (χ3v) is 3.30. The first-order chi connectivity index (χ1) is 8.95. The Balaban J connectivity index is 2.84. The second-order valence-electron chi connectivity index (χ2n) is 4.23. The molecule has 0 spiro atoms. The quantitative estimate of drug-likeness (QED) is 0.776. The molecular weight excluding hydrogens is 326 g/mol. The molecule has 0 aromatic heterocycles. The van der Waals surface area contributed by atoms with Crippen molar-refractivity contribution >= 4 is 44.7 Å². The summed E-state index contributed by atoms with van der Waals surface area (Å²) in [6.45, 7) is 2.98. The molecule has 0 bridgehead atoms. The van der Waals surface area contributed by atoms with Gasteiger partial charge in [-0.15, -0.1) is 0 Å². The number of carbonyl (C=O) groups is 1. The molecule has 0 aliphatic rings. The molecule has 0 aliphatic heterocycles. The van der Waals surface area contributed by atoms with Crippen molar-refractivity contribution in [3.05, 3.63) is 28.2 Å². The zero-order chi connectivity index (χ0) is 14.4. The number of thiocarbonyl (C=S) groups is 1. The third kappa shape index (κ3) is 4.80. The van der Waals surface area contributed by atoms with Crippen molar-refractivity contribution in [1.29, 1.82) is 0 Å². The van der Waals surface area contributed by atoms with Crippen molar-refractivity contribution in [3.63, 3.8) is 0 Å². The van der Waals surface area contributed by atoms with Crippen LogP contribution < -0.4 is 16.0 Å². The standard InChI is InChI=1S/C13H18BrN3OS/c1-3-6-16-12(18)8-17(2)11-5-4-9(14)7-10(11)13(15)19/h4-5,7H,3,6,8H2,1-2H3,(H2,15,19)(H,16,18). The fourth-order valence-corrected chi connectivity index (χ4v) is 2.18. The van der Waals surface area contributed by atoms with Gasteiger partial charge in [0.25, 0.3) is 0 Å². The van der Waals surface area contributed by atoms with Crippen LogP contribution >= 0.6 is 28.1 Å². The number of nitrogens with zero attached hydrogens (tertiary/aromatic N) is 1. The minimum absolute atomic E-state index is 0.0128. The van der Waals surface area contributed by atoms with E-state index in [9.17, 15) is 4.79 Å². The van der Waals surface area contributed by atoms with Crippen LogP contribution in [0.15, 0.2) is 22.7 Å². The third-order valence-electron chi connectivity index (χ3n) is 2.59. The lowest BCUT2D eigenvalue weighted by atomic mass is 10.1. The van der Waals surface area contributed by atoms with Crippen LogP contribution in [0.2, 0.25) is 0 Å². The highest BCUT2D eigenvalue weighted by molar-refractivity contribution is 9.10. The van der Waals surface area contributed by atoms with E-state index in [4.69, 9.17) is 18.0 Å². The van der Waals surface area contributed by atoms with Gasteiger partial charge in [-0.05, 0) is 24.6 Å². The summed E-state index contributed by atoms with van der Waals surface area (Å²) in [5, 5.41) is 2.84. The molecule has 1 amide bonds. The lowest BCUT2D eigenvalue weighted by Gasteiger charge is -2.21. The van der Waals surface area contributed by atoms with E-state index >= 15 is 0 Å². The van der Waals surface area contributed by atoms with Crippen LogP contribution in [-0.2, 0) is 4.79 Å². The van der Waals surface area contributed by atoms with Gasteiger partial charge in [0.15, 0.2) is 0 Å². The Morgan fingerprint density at radius 2 is 2.21 bits per heavy atom. The molecule has 6 heteroatoms. The molecule has 1 rings (SSSR count). The molecule has 19 heavy (non-hydrogen) atoms. The highest BCUT2D eigenvalue weighted by Gasteiger charge is 2.12. The van der Waals surface area contributed by atoms with Crippen LogP contribution in [-0.4, -0.2) is 31.0 Å². The van der Waals surface area contributed by atoms with E-state index in [1.807, 2.05) is 37.1 Å². The van der Waals surface area contributed by atoms with E-state index in [0.29, 0.717) is 11.5 Å². The van der Waals surface area contributed by atoms with E-state index in [2.05, 4.69) is 21.2 Å². The number of likely N-dealkylation sites (N-methyl/N-ethyl adjacent to an activating group) is 1. The molecule has 1 aromatic carbocycles. The second kappa shape index (κ2) is 7.45. The predicted molar refractivity (Wildman–Crippen MR) is 86.6 cm³/mol. The topological polar surface area (TPSA) is 58.4 Å². The SMILES string of the molecule is CCCNC(=O)CN(C)c1ccc(Br)cc1C(N)=S. The van der Waals surface area contributed by atoms with Gasteiger partial charge >= 0.3 is 0 Å². The summed E-state index contributed by atoms with van der Waals surface area (Å²) >= 11 is 8.43. The normalized spacial score (nSPS) is 10.1. The van der Waals surface area contributed by atoms with Gasteiger partial charge < -0.3 is 16.0 Å². The number of hydrogen-bond acceptors (Lipinski definition) is 3. The van der Waals surface area contributed by atoms with E-state index in [1.165, 1.54) is 0 Å². The molecule has 0 heterocycles. The molecule has 104 valence electrons. The van der Waals surface area contributed by atoms with Gasteiger partial charge in [-0.3, -0.25) is 4.79 Å². The molecule has 4 nitrogen and oxygen atoms in total. The maximum Gasteiger partial charge on any atom is 0.239 e. The van der Waals surface area contributed by atoms with Gasteiger partial charge in [0.05, 0.1) is 6.54 Å². The zero-order valence-corrected chi connectivity index (χ0v) is 13.5. The molecule has 3 N–H and O–H groups in total. The van der Waals surface area contributed by atoms with Crippen LogP contribution in [0.4, 0.5) is 5.69 Å². The van der Waals surface area contributed by atoms with Crippen molar-refractivity contribution in [2.45, 2.75) is 13.3 Å². The van der Waals surface area contributed by atoms with Gasteiger partial charge in [-0.25, -0.2) is 0 Å². The molecule has 0 fully saturated rings. The Morgan fingerprint density at radius 3 is 2.79 bits per heavy atom. The van der Waals surface area contributed by atoms with E-state index in [1.54, 1.807) is 0 Å². The Bertz CT molecular complexity index is 479. The molecule has 0 unspecified atom stereocenters. The van der Waals surface area contributed by atoms with Crippen LogP contribution in [0.25, 0.3) is 0 Å². The highest BCUT2D eigenvalue weighted by Crippen LogP contribution is 2.23. The van der Waals surface area contributed by atoms with Crippen molar-refractivity contribution in [3.8, 4) is 0 Å². The smallest absolute Gasteiger partial charge is 0.239 e. The maximum atomic E-state index is 11.7. The number of nitrogens with two attached hydrogens (primary N) is 1. The number of halogens is 1. The lowest BCUT2D eigenvalue weighted by Crippen LogP contribution is -2.36. The molecule has 0 atom stereocenters. The largest absolute Gasteiger partial charge is 0.389 e. The Morgan fingerprint density at radius 1 is 1.53 bits per heavy atom. The van der Waals surface area contributed by atoms with Gasteiger partial charge in [0, 0.05) is 29.3 Å². The Labute approximate surface area is 127 Å². The van der Waals surface area contributed by atoms with Crippen molar-refractivity contribution in [2.75, 3.05) is 25.0 Å². The van der Waals surface area contributed by atoms with Crippen LogP contribution in [0.3, 0.4) is 0 Å². The van der Waals surface area contributed by atoms with Crippen LogP contribution in [0, 0.1) is 0 Å². The summed E-state index contributed by atoms with van der Waals surface area (Å²) in [4.78, 5) is 13.9. The van der Waals surface area contributed by atoms with Gasteiger partial charge in [0.1, 0.15) is 4.99 Å². The molecule has 0 saturated heterocycles. The molecule has 1 aromatic rings. The Hall–Kier alpha value is -1.14. The summed E-state index contributed by atoms with van der Waals surface area (Å²) in [5.74, 6) is -0.0128. The summed E-state index contributed by atoms with van der Waals surface area (Å²) in [6.07, 6.45) is 0.922. The molecular formula is C13H18BrN3OS. The van der Waals surface area contributed by atoms with Crippen LogP contribution in [0.1, 0.15) is 18.9 Å². The number of nitrogens with one attached hydrogen (secondary N) is 1. The van der Waals surface area contributed by atoms with Crippen molar-refractivity contribution in [1.82, 2.24) is 5.32 Å². The average Bonchev–Trinajstić information content (AvgIpc) is 2.35. The highest BCUT2D eigenvalue weighted by atomic mass is 79.9. The van der Waals surface area contributed by atoms with Crippen LogP contribution in [0.5, 0.6) is 0 Å². The molecule has 0 radical (unpaired) electrons. The van der Waals surface area contributed by atoms with Crippen molar-refractivity contribution in [2.24, 2.45) is 5.73 Å².